The number of carbonyl (C=O) groups is 1. The Hall–Kier alpha value is -2.38. The van der Waals surface area contributed by atoms with Gasteiger partial charge >= 0.3 is 0 Å². The molecule has 138 valence electrons. The van der Waals surface area contributed by atoms with Crippen LogP contribution in [0.4, 0.5) is 11.4 Å². The molecular formula is C19H22N2O4S. The van der Waals surface area contributed by atoms with Crippen molar-refractivity contribution in [2.45, 2.75) is 24.7 Å². The third kappa shape index (κ3) is 4.05. The van der Waals surface area contributed by atoms with Crippen LogP contribution in [-0.2, 0) is 19.6 Å². The fraction of sp³-hybridized carbons (Fsp3) is 0.316. The lowest BCUT2D eigenvalue weighted by atomic mass is 10.0. The summed E-state index contributed by atoms with van der Waals surface area (Å²) in [6.45, 7) is 5.15. The van der Waals surface area contributed by atoms with Crippen molar-refractivity contribution >= 4 is 27.3 Å². The molecule has 0 aliphatic carbocycles. The lowest BCUT2D eigenvalue weighted by molar-refractivity contribution is -0.125. The summed E-state index contributed by atoms with van der Waals surface area (Å²) >= 11 is 0. The summed E-state index contributed by atoms with van der Waals surface area (Å²) in [5.74, 6) is 0.256. The second-order valence-electron chi connectivity index (χ2n) is 6.47. The molecule has 26 heavy (non-hydrogen) atoms. The molecule has 2 aromatic carbocycles. The van der Waals surface area contributed by atoms with Crippen LogP contribution >= 0.6 is 0 Å². The number of nitrogens with zero attached hydrogens (tertiary/aromatic N) is 1. The fourth-order valence-electron chi connectivity index (χ4n) is 2.75. The van der Waals surface area contributed by atoms with E-state index >= 15 is 0 Å². The van der Waals surface area contributed by atoms with Gasteiger partial charge < -0.3 is 9.64 Å². The van der Waals surface area contributed by atoms with E-state index in [1.54, 1.807) is 29.2 Å². The highest BCUT2D eigenvalue weighted by Gasteiger charge is 2.21. The first-order valence-corrected chi connectivity index (χ1v) is 9.96. The summed E-state index contributed by atoms with van der Waals surface area (Å²) in [6.07, 6.45) is 0. The zero-order valence-corrected chi connectivity index (χ0v) is 15.6. The van der Waals surface area contributed by atoms with Gasteiger partial charge in [-0.15, -0.1) is 0 Å². The lowest BCUT2D eigenvalue weighted by Gasteiger charge is -2.26. The van der Waals surface area contributed by atoms with Crippen LogP contribution in [0.25, 0.3) is 0 Å². The number of hydrogen-bond acceptors (Lipinski definition) is 4. The first kappa shape index (κ1) is 18.4. The number of amides is 1. The van der Waals surface area contributed by atoms with Crippen LogP contribution in [0.2, 0.25) is 0 Å². The topological polar surface area (TPSA) is 75.7 Å². The molecule has 0 unspecified atom stereocenters. The van der Waals surface area contributed by atoms with E-state index in [-0.39, 0.29) is 17.4 Å². The molecule has 3 rings (SSSR count). The number of benzene rings is 2. The van der Waals surface area contributed by atoms with Gasteiger partial charge in [-0.05, 0) is 47.9 Å². The second-order valence-corrected chi connectivity index (χ2v) is 8.16. The van der Waals surface area contributed by atoms with Gasteiger partial charge in [0.2, 0.25) is 0 Å². The predicted octanol–water partition coefficient (Wildman–Crippen LogP) is 2.97. The minimum absolute atomic E-state index is 0.0496. The zero-order valence-electron chi connectivity index (χ0n) is 14.8. The number of hydrogen-bond donors (Lipinski definition) is 1. The number of morpholine rings is 1. The van der Waals surface area contributed by atoms with E-state index in [9.17, 15) is 13.2 Å². The van der Waals surface area contributed by atoms with Gasteiger partial charge in [0.05, 0.1) is 11.5 Å². The molecule has 1 fully saturated rings. The van der Waals surface area contributed by atoms with Gasteiger partial charge in [0.25, 0.3) is 15.9 Å². The van der Waals surface area contributed by atoms with E-state index in [1.807, 2.05) is 12.1 Å². The molecule has 0 aromatic heterocycles. The maximum Gasteiger partial charge on any atom is 0.261 e. The molecule has 1 heterocycles. The van der Waals surface area contributed by atoms with Crippen LogP contribution < -0.4 is 9.62 Å². The number of carbonyl (C=O) groups excluding carboxylic acids is 1. The number of nitrogens with one attached hydrogen (secondary N) is 1. The van der Waals surface area contributed by atoms with Crippen LogP contribution in [0.5, 0.6) is 0 Å². The van der Waals surface area contributed by atoms with E-state index in [0.717, 1.165) is 5.56 Å². The van der Waals surface area contributed by atoms with Crippen molar-refractivity contribution in [2.24, 2.45) is 0 Å². The summed E-state index contributed by atoms with van der Waals surface area (Å²) in [5, 5.41) is 0. The molecule has 0 bridgehead atoms. The summed E-state index contributed by atoms with van der Waals surface area (Å²) in [5.41, 5.74) is 2.33. The molecule has 1 aliphatic rings. The standard InChI is InChI=1S/C19H22N2O4S/c1-14(2)15-3-5-16(6-4-15)20-26(23,24)18-9-7-17(8-10-18)21-11-12-25-13-19(21)22/h3-10,14,20H,11-13H2,1-2H3. The lowest BCUT2D eigenvalue weighted by Crippen LogP contribution is -2.41. The van der Waals surface area contributed by atoms with E-state index in [1.165, 1.54) is 12.1 Å². The Morgan fingerprint density at radius 3 is 2.27 bits per heavy atom. The number of anilines is 2. The monoisotopic (exact) mass is 374 g/mol. The van der Waals surface area contributed by atoms with Gasteiger partial charge in [-0.2, -0.15) is 0 Å². The number of rotatable bonds is 5. The van der Waals surface area contributed by atoms with Crippen molar-refractivity contribution in [3.63, 3.8) is 0 Å². The van der Waals surface area contributed by atoms with Crippen molar-refractivity contribution in [3.05, 3.63) is 54.1 Å². The minimum atomic E-state index is -3.69. The van der Waals surface area contributed by atoms with Crippen molar-refractivity contribution in [1.82, 2.24) is 0 Å². The van der Waals surface area contributed by atoms with Crippen molar-refractivity contribution in [2.75, 3.05) is 29.4 Å². The summed E-state index contributed by atoms with van der Waals surface area (Å²) < 4.78 is 32.8. The molecule has 0 radical (unpaired) electrons. The second kappa shape index (κ2) is 7.47. The van der Waals surface area contributed by atoms with Gasteiger partial charge in [0.1, 0.15) is 6.61 Å². The Morgan fingerprint density at radius 2 is 1.69 bits per heavy atom. The van der Waals surface area contributed by atoms with E-state index in [4.69, 9.17) is 4.74 Å². The molecule has 1 saturated heterocycles. The summed E-state index contributed by atoms with van der Waals surface area (Å²) in [7, 11) is -3.69. The summed E-state index contributed by atoms with van der Waals surface area (Å²) in [6, 6.07) is 13.6. The van der Waals surface area contributed by atoms with Crippen LogP contribution in [-0.4, -0.2) is 34.1 Å². The summed E-state index contributed by atoms with van der Waals surface area (Å²) in [4.78, 5) is 13.6. The van der Waals surface area contributed by atoms with Crippen molar-refractivity contribution in [3.8, 4) is 0 Å². The highest BCUT2D eigenvalue weighted by molar-refractivity contribution is 7.92. The van der Waals surface area contributed by atoms with Crippen molar-refractivity contribution < 1.29 is 17.9 Å². The Bertz CT molecular complexity index is 875. The molecule has 1 N–H and O–H groups in total. The highest BCUT2D eigenvalue weighted by Crippen LogP contribution is 2.23. The van der Waals surface area contributed by atoms with Gasteiger partial charge in [0, 0.05) is 17.9 Å². The molecule has 1 aliphatic heterocycles. The van der Waals surface area contributed by atoms with E-state index in [2.05, 4.69) is 18.6 Å². The Kier molecular flexibility index (Phi) is 5.29. The molecule has 1 amide bonds. The van der Waals surface area contributed by atoms with Gasteiger partial charge in [-0.1, -0.05) is 26.0 Å². The van der Waals surface area contributed by atoms with Gasteiger partial charge in [-0.3, -0.25) is 9.52 Å². The van der Waals surface area contributed by atoms with E-state index < -0.39 is 10.0 Å². The van der Waals surface area contributed by atoms with E-state index in [0.29, 0.717) is 30.4 Å². The number of ether oxygens (including phenoxy) is 1. The quantitative estimate of drug-likeness (QED) is 0.873. The average molecular weight is 374 g/mol. The molecule has 0 saturated carbocycles. The van der Waals surface area contributed by atoms with Crippen molar-refractivity contribution in [1.29, 1.82) is 0 Å². The molecule has 2 aromatic rings. The first-order chi connectivity index (χ1) is 12.4. The molecule has 7 heteroatoms. The fourth-order valence-corrected chi connectivity index (χ4v) is 3.81. The number of sulfonamides is 1. The normalized spacial score (nSPS) is 15.3. The Labute approximate surface area is 153 Å². The van der Waals surface area contributed by atoms with Crippen LogP contribution in [0, 0.1) is 0 Å². The molecule has 6 nitrogen and oxygen atoms in total. The third-order valence-electron chi connectivity index (χ3n) is 4.27. The largest absolute Gasteiger partial charge is 0.370 e. The van der Waals surface area contributed by atoms with Crippen LogP contribution in [0.15, 0.2) is 53.4 Å². The maximum atomic E-state index is 12.6. The Morgan fingerprint density at radius 1 is 1.04 bits per heavy atom. The van der Waals surface area contributed by atoms with Crippen LogP contribution in [0.3, 0.4) is 0 Å². The van der Waals surface area contributed by atoms with Gasteiger partial charge in [-0.25, -0.2) is 8.42 Å². The first-order valence-electron chi connectivity index (χ1n) is 8.48. The predicted molar refractivity (Wildman–Crippen MR) is 101 cm³/mol. The highest BCUT2D eigenvalue weighted by atomic mass is 32.2. The molecule has 0 atom stereocenters. The van der Waals surface area contributed by atoms with Crippen LogP contribution in [0.1, 0.15) is 25.3 Å². The molecule has 0 spiro atoms. The smallest absolute Gasteiger partial charge is 0.261 e. The van der Waals surface area contributed by atoms with Gasteiger partial charge in [0.15, 0.2) is 0 Å². The average Bonchev–Trinajstić information content (AvgIpc) is 2.62. The maximum absolute atomic E-state index is 12.6. The molecular weight excluding hydrogens is 352 g/mol. The SMILES string of the molecule is CC(C)c1ccc(NS(=O)(=O)c2ccc(N3CCOCC3=O)cc2)cc1. The minimum Gasteiger partial charge on any atom is -0.370 e. The third-order valence-corrected chi connectivity index (χ3v) is 5.67. The Balaban J connectivity index is 1.75. The zero-order chi connectivity index (χ0) is 18.7.